The Kier molecular flexibility index (Phi) is 4.40. The fourth-order valence-corrected chi connectivity index (χ4v) is 5.17. The predicted molar refractivity (Wildman–Crippen MR) is 108 cm³/mol. The third-order valence-electron chi connectivity index (χ3n) is 7.42. The summed E-state index contributed by atoms with van der Waals surface area (Å²) in [6, 6.07) is 3.97. The van der Waals surface area contributed by atoms with Crippen LogP contribution in [-0.4, -0.2) is 52.1 Å². The Balaban J connectivity index is 1.69. The van der Waals surface area contributed by atoms with Crippen molar-refractivity contribution in [3.05, 3.63) is 29.6 Å². The first-order chi connectivity index (χ1) is 13.9. The number of benzene rings is 1. The lowest BCUT2D eigenvalue weighted by Gasteiger charge is -2.46. The number of rotatable bonds is 4. The minimum Gasteiger partial charge on any atom is -0.481 e. The lowest BCUT2D eigenvalue weighted by atomic mass is 9.67. The van der Waals surface area contributed by atoms with Crippen LogP contribution in [0.15, 0.2) is 23.2 Å². The van der Waals surface area contributed by atoms with Crippen LogP contribution in [0, 0.1) is 29.0 Å². The number of nitrogens with one attached hydrogen (secondary N) is 1. The number of aliphatic imine (C=N–C) groups is 1. The SMILES string of the molecule is CN1C(=O)C(C)(C)[C@](C)(c2cc(NC3[C@H]4[C@@H](C[C@H]3O)[C@@H]4C(=O)O)ccc2F)N=C1N. The van der Waals surface area contributed by atoms with Crippen molar-refractivity contribution < 1.29 is 24.2 Å². The molecule has 30 heavy (non-hydrogen) atoms. The van der Waals surface area contributed by atoms with Gasteiger partial charge in [0.25, 0.3) is 0 Å². The summed E-state index contributed by atoms with van der Waals surface area (Å²) in [4.78, 5) is 30.0. The minimum absolute atomic E-state index is 0.0101. The summed E-state index contributed by atoms with van der Waals surface area (Å²) in [5.41, 5.74) is 4.36. The zero-order valence-corrected chi connectivity index (χ0v) is 17.4. The Morgan fingerprint density at radius 2 is 2.03 bits per heavy atom. The molecular weight excluding hydrogens is 391 g/mol. The van der Waals surface area contributed by atoms with Crippen LogP contribution >= 0.6 is 0 Å². The molecule has 0 aromatic heterocycles. The van der Waals surface area contributed by atoms with Gasteiger partial charge in [0.1, 0.15) is 11.4 Å². The van der Waals surface area contributed by atoms with Crippen molar-refractivity contribution in [3.63, 3.8) is 0 Å². The molecule has 1 heterocycles. The van der Waals surface area contributed by atoms with Gasteiger partial charge in [-0.1, -0.05) is 0 Å². The van der Waals surface area contributed by atoms with Crippen LogP contribution in [-0.2, 0) is 15.1 Å². The first kappa shape index (κ1) is 20.6. The van der Waals surface area contributed by atoms with E-state index in [4.69, 9.17) is 5.73 Å². The maximum Gasteiger partial charge on any atom is 0.307 e. The number of aliphatic hydroxyl groups excluding tert-OH is 1. The molecule has 2 aliphatic carbocycles. The zero-order valence-electron chi connectivity index (χ0n) is 17.4. The van der Waals surface area contributed by atoms with Gasteiger partial charge >= 0.3 is 5.97 Å². The number of guanidine groups is 1. The summed E-state index contributed by atoms with van der Waals surface area (Å²) < 4.78 is 14.9. The molecular formula is C21H27FN4O4. The molecule has 6 atom stereocenters. The second-order valence-electron chi connectivity index (χ2n) is 9.30. The lowest BCUT2D eigenvalue weighted by molar-refractivity contribution is -0.141. The number of hydrogen-bond acceptors (Lipinski definition) is 6. The number of hydrogen-bond donors (Lipinski definition) is 4. The standard InChI is InChI=1S/C21H27FN4O4/c1-20(2)18(30)26(4)19(23)25-21(20,3)11-7-9(5-6-12(11)22)24-16-13(27)8-10-14(16)15(10)17(28)29/h5-7,10,13-16,24,27H,8H2,1-4H3,(H2,23,25)(H,28,29)/t10-,13-,14+,15+,16?,21+/m1/s1. The molecule has 1 aliphatic heterocycles. The van der Waals surface area contributed by atoms with E-state index in [0.29, 0.717) is 12.1 Å². The van der Waals surface area contributed by atoms with Gasteiger partial charge < -0.3 is 21.3 Å². The minimum atomic E-state index is -1.25. The number of carboxylic acid groups (broad SMARTS) is 1. The Bertz CT molecular complexity index is 964. The molecule has 2 saturated carbocycles. The number of aliphatic hydroxyl groups is 1. The Morgan fingerprint density at radius 1 is 1.37 bits per heavy atom. The number of carbonyl (C=O) groups is 2. The molecule has 8 nitrogen and oxygen atoms in total. The average Bonchev–Trinajstić information content (AvgIpc) is 3.29. The van der Waals surface area contributed by atoms with Gasteiger partial charge in [0.05, 0.1) is 23.5 Å². The first-order valence-electron chi connectivity index (χ1n) is 10.0. The summed E-state index contributed by atoms with van der Waals surface area (Å²) in [5, 5.41) is 22.9. The largest absolute Gasteiger partial charge is 0.481 e. The summed E-state index contributed by atoms with van der Waals surface area (Å²) in [5.74, 6) is -2.29. The number of anilines is 1. The van der Waals surface area contributed by atoms with E-state index in [1.54, 1.807) is 26.8 Å². The maximum atomic E-state index is 14.9. The number of aliphatic carboxylic acids is 1. The van der Waals surface area contributed by atoms with E-state index in [9.17, 15) is 24.2 Å². The van der Waals surface area contributed by atoms with Gasteiger partial charge in [-0.2, -0.15) is 0 Å². The van der Waals surface area contributed by atoms with Crippen molar-refractivity contribution in [1.82, 2.24) is 4.90 Å². The van der Waals surface area contributed by atoms with Crippen LogP contribution in [0.25, 0.3) is 0 Å². The molecule has 1 aromatic rings. The van der Waals surface area contributed by atoms with Crippen molar-refractivity contribution >= 4 is 23.5 Å². The smallest absolute Gasteiger partial charge is 0.307 e. The van der Waals surface area contributed by atoms with Crippen LogP contribution in [0.5, 0.6) is 0 Å². The Morgan fingerprint density at radius 3 is 2.67 bits per heavy atom. The van der Waals surface area contributed by atoms with E-state index in [0.717, 1.165) is 0 Å². The zero-order chi connectivity index (χ0) is 22.2. The van der Waals surface area contributed by atoms with Gasteiger partial charge in [0.2, 0.25) is 5.91 Å². The summed E-state index contributed by atoms with van der Waals surface area (Å²) in [6.07, 6.45) is -0.241. The van der Waals surface area contributed by atoms with Crippen molar-refractivity contribution in [2.75, 3.05) is 12.4 Å². The molecule has 2 fully saturated rings. The van der Waals surface area contributed by atoms with E-state index in [2.05, 4.69) is 10.3 Å². The molecule has 0 saturated heterocycles. The molecule has 0 spiro atoms. The van der Waals surface area contributed by atoms with Crippen LogP contribution in [0.4, 0.5) is 10.1 Å². The molecule has 0 radical (unpaired) electrons. The fourth-order valence-electron chi connectivity index (χ4n) is 5.17. The third kappa shape index (κ3) is 2.71. The van der Waals surface area contributed by atoms with Crippen LogP contribution < -0.4 is 11.1 Å². The second kappa shape index (κ2) is 6.41. The van der Waals surface area contributed by atoms with Crippen LogP contribution in [0.1, 0.15) is 32.8 Å². The molecule has 1 amide bonds. The van der Waals surface area contributed by atoms with Crippen LogP contribution in [0.2, 0.25) is 0 Å². The van der Waals surface area contributed by atoms with E-state index in [-0.39, 0.29) is 29.3 Å². The number of carbonyl (C=O) groups excluding carboxylic acids is 1. The molecule has 9 heteroatoms. The number of amides is 1. The number of nitrogens with two attached hydrogens (primary N) is 1. The van der Waals surface area contributed by atoms with E-state index in [1.165, 1.54) is 24.1 Å². The highest BCUT2D eigenvalue weighted by Gasteiger charge is 2.65. The van der Waals surface area contributed by atoms with Gasteiger partial charge in [-0.25, -0.2) is 9.38 Å². The van der Waals surface area contributed by atoms with E-state index in [1.807, 2.05) is 0 Å². The van der Waals surface area contributed by atoms with Crippen molar-refractivity contribution in [3.8, 4) is 0 Å². The molecule has 4 rings (SSSR count). The van der Waals surface area contributed by atoms with Crippen molar-refractivity contribution in [2.24, 2.45) is 33.9 Å². The highest BCUT2D eigenvalue weighted by atomic mass is 19.1. The van der Waals surface area contributed by atoms with Crippen molar-refractivity contribution in [2.45, 2.75) is 44.9 Å². The van der Waals surface area contributed by atoms with Gasteiger partial charge in [0, 0.05) is 18.3 Å². The predicted octanol–water partition coefficient (Wildman–Crippen LogP) is 1.35. The summed E-state index contributed by atoms with van der Waals surface area (Å²) in [6.45, 7) is 5.08. The number of fused-ring (bicyclic) bond motifs is 1. The fraction of sp³-hybridized carbons (Fsp3) is 0.571. The molecule has 0 bridgehead atoms. The van der Waals surface area contributed by atoms with Crippen molar-refractivity contribution in [1.29, 1.82) is 0 Å². The van der Waals surface area contributed by atoms with E-state index < -0.39 is 40.8 Å². The average molecular weight is 418 g/mol. The van der Waals surface area contributed by atoms with Gasteiger partial charge in [-0.05, 0) is 57.2 Å². The first-order valence-corrected chi connectivity index (χ1v) is 10.0. The molecule has 5 N–H and O–H groups in total. The highest BCUT2D eigenvalue weighted by molar-refractivity contribution is 6.01. The number of carboxylic acids is 1. The van der Waals surface area contributed by atoms with E-state index >= 15 is 0 Å². The molecule has 1 aromatic carbocycles. The summed E-state index contributed by atoms with van der Waals surface area (Å²) >= 11 is 0. The third-order valence-corrected chi connectivity index (χ3v) is 7.42. The topological polar surface area (TPSA) is 128 Å². The quantitative estimate of drug-likeness (QED) is 0.584. The molecule has 3 aliphatic rings. The number of halogens is 1. The maximum absolute atomic E-state index is 14.9. The Hall–Kier alpha value is -2.68. The monoisotopic (exact) mass is 418 g/mol. The van der Waals surface area contributed by atoms with Crippen LogP contribution in [0.3, 0.4) is 0 Å². The molecule has 162 valence electrons. The highest BCUT2D eigenvalue weighted by Crippen LogP contribution is 2.58. The normalized spacial score (nSPS) is 36.9. The second-order valence-corrected chi connectivity index (χ2v) is 9.30. The van der Waals surface area contributed by atoms with Gasteiger partial charge in [0.15, 0.2) is 5.96 Å². The lowest BCUT2D eigenvalue weighted by Crippen LogP contribution is -2.58. The molecule has 1 unspecified atom stereocenters. The summed E-state index contributed by atoms with van der Waals surface area (Å²) in [7, 11) is 1.53. The Labute approximate surface area is 174 Å². The number of nitrogens with zero attached hydrogens (tertiary/aromatic N) is 2. The van der Waals surface area contributed by atoms with Gasteiger partial charge in [-0.3, -0.25) is 14.5 Å². The van der Waals surface area contributed by atoms with Gasteiger partial charge in [-0.15, -0.1) is 0 Å².